The standard InChI is InChI=1S/C22H20Cl2N2O3/c23-15-8-9-19-16(13-15)17(12-14-6-2-3-7-18(14)24)20(29-22(27)28)21(25-19)26-10-4-1-5-11-26/h2-3,6-9,13H,1,4-5,10-12H2,(H,27,28). The summed E-state index contributed by atoms with van der Waals surface area (Å²) in [6, 6.07) is 12.9. The van der Waals surface area contributed by atoms with Gasteiger partial charge in [0.15, 0.2) is 11.6 Å². The van der Waals surface area contributed by atoms with Crippen LogP contribution in [0.4, 0.5) is 10.6 Å². The monoisotopic (exact) mass is 430 g/mol. The van der Waals surface area contributed by atoms with Gasteiger partial charge in [0.05, 0.1) is 5.52 Å². The summed E-state index contributed by atoms with van der Waals surface area (Å²) >= 11 is 12.6. The van der Waals surface area contributed by atoms with Gasteiger partial charge in [-0.15, -0.1) is 0 Å². The van der Waals surface area contributed by atoms with Crippen LogP contribution in [0.25, 0.3) is 10.9 Å². The number of carbonyl (C=O) groups is 1. The van der Waals surface area contributed by atoms with Crippen LogP contribution in [0, 0.1) is 0 Å². The minimum absolute atomic E-state index is 0.258. The first kappa shape index (κ1) is 19.8. The average Bonchev–Trinajstić information content (AvgIpc) is 2.71. The molecule has 0 radical (unpaired) electrons. The number of carboxylic acid groups (broad SMARTS) is 1. The number of hydrogen-bond donors (Lipinski definition) is 1. The van der Waals surface area contributed by atoms with E-state index >= 15 is 0 Å². The Morgan fingerprint density at radius 1 is 1.10 bits per heavy atom. The van der Waals surface area contributed by atoms with Crippen molar-refractivity contribution in [2.24, 2.45) is 0 Å². The molecule has 4 rings (SSSR count). The lowest BCUT2D eigenvalue weighted by atomic mass is 9.99. The van der Waals surface area contributed by atoms with E-state index in [1.165, 1.54) is 0 Å². The van der Waals surface area contributed by atoms with Crippen molar-refractivity contribution in [3.05, 3.63) is 63.6 Å². The number of aromatic nitrogens is 1. The van der Waals surface area contributed by atoms with Crippen molar-refractivity contribution in [3.63, 3.8) is 0 Å². The van der Waals surface area contributed by atoms with E-state index in [4.69, 9.17) is 32.9 Å². The third-order valence-electron chi connectivity index (χ3n) is 5.16. The van der Waals surface area contributed by atoms with Crippen molar-refractivity contribution >= 4 is 46.1 Å². The zero-order chi connectivity index (χ0) is 20.4. The van der Waals surface area contributed by atoms with Gasteiger partial charge in [-0.1, -0.05) is 41.4 Å². The Bertz CT molecular complexity index is 1070. The van der Waals surface area contributed by atoms with E-state index in [0.29, 0.717) is 27.8 Å². The van der Waals surface area contributed by atoms with Crippen LogP contribution in [0.1, 0.15) is 30.4 Å². The van der Waals surface area contributed by atoms with Crippen LogP contribution in [-0.2, 0) is 6.42 Å². The highest BCUT2D eigenvalue weighted by molar-refractivity contribution is 6.31. The molecule has 1 N–H and O–H groups in total. The van der Waals surface area contributed by atoms with Crippen molar-refractivity contribution in [2.75, 3.05) is 18.0 Å². The molecule has 3 aromatic rings. The molecule has 7 heteroatoms. The van der Waals surface area contributed by atoms with Gasteiger partial charge in [-0.3, -0.25) is 0 Å². The molecule has 1 aromatic heterocycles. The van der Waals surface area contributed by atoms with Crippen molar-refractivity contribution < 1.29 is 14.6 Å². The number of benzene rings is 2. The summed E-state index contributed by atoms with van der Waals surface area (Å²) < 4.78 is 5.32. The van der Waals surface area contributed by atoms with Crippen LogP contribution in [0.15, 0.2) is 42.5 Å². The molecule has 2 aromatic carbocycles. The highest BCUT2D eigenvalue weighted by Gasteiger charge is 2.25. The van der Waals surface area contributed by atoms with Gasteiger partial charge in [-0.2, -0.15) is 0 Å². The number of nitrogens with zero attached hydrogens (tertiary/aromatic N) is 2. The van der Waals surface area contributed by atoms with Gasteiger partial charge < -0.3 is 14.7 Å². The summed E-state index contributed by atoms with van der Waals surface area (Å²) in [6.45, 7) is 1.63. The fourth-order valence-corrected chi connectivity index (χ4v) is 4.17. The molecule has 29 heavy (non-hydrogen) atoms. The first-order chi connectivity index (χ1) is 14.0. The van der Waals surface area contributed by atoms with Crippen molar-refractivity contribution in [1.82, 2.24) is 4.98 Å². The second kappa shape index (κ2) is 8.47. The van der Waals surface area contributed by atoms with Gasteiger partial charge in [0, 0.05) is 40.5 Å². The Hall–Kier alpha value is -2.50. The minimum Gasteiger partial charge on any atom is -0.449 e. The molecule has 0 atom stereocenters. The van der Waals surface area contributed by atoms with Crippen LogP contribution in [0.5, 0.6) is 5.75 Å². The predicted molar refractivity (Wildman–Crippen MR) is 116 cm³/mol. The number of fused-ring (bicyclic) bond motifs is 1. The van der Waals surface area contributed by atoms with Crippen molar-refractivity contribution in [3.8, 4) is 5.75 Å². The number of ether oxygens (including phenoxy) is 1. The molecule has 1 aliphatic rings. The van der Waals surface area contributed by atoms with Crippen molar-refractivity contribution in [1.29, 1.82) is 0 Å². The highest BCUT2D eigenvalue weighted by atomic mass is 35.5. The molecule has 5 nitrogen and oxygen atoms in total. The molecule has 0 aliphatic carbocycles. The van der Waals surface area contributed by atoms with E-state index in [-0.39, 0.29) is 5.75 Å². The van der Waals surface area contributed by atoms with E-state index in [9.17, 15) is 9.90 Å². The molecular formula is C22H20Cl2N2O3. The molecule has 1 fully saturated rings. The lowest BCUT2D eigenvalue weighted by Crippen LogP contribution is -2.31. The van der Waals surface area contributed by atoms with Gasteiger partial charge in [0.25, 0.3) is 0 Å². The summed E-state index contributed by atoms with van der Waals surface area (Å²) in [5.74, 6) is 0.818. The second-order valence-corrected chi connectivity index (χ2v) is 7.93. The van der Waals surface area contributed by atoms with E-state index < -0.39 is 6.16 Å². The van der Waals surface area contributed by atoms with Crippen LogP contribution in [0.2, 0.25) is 10.0 Å². The molecule has 1 aliphatic heterocycles. The summed E-state index contributed by atoms with van der Waals surface area (Å²) in [7, 11) is 0. The highest BCUT2D eigenvalue weighted by Crippen LogP contribution is 2.39. The molecule has 0 spiro atoms. The van der Waals surface area contributed by atoms with Gasteiger partial charge in [-0.05, 0) is 49.1 Å². The molecular weight excluding hydrogens is 411 g/mol. The Morgan fingerprint density at radius 2 is 1.86 bits per heavy atom. The SMILES string of the molecule is O=C(O)Oc1c(N2CCCCC2)nc2ccc(Cl)cc2c1Cc1ccccc1Cl. The number of hydrogen-bond acceptors (Lipinski definition) is 4. The molecule has 0 unspecified atom stereocenters. The van der Waals surface area contributed by atoms with Crippen LogP contribution >= 0.6 is 23.2 Å². The van der Waals surface area contributed by atoms with Crippen LogP contribution < -0.4 is 9.64 Å². The summed E-state index contributed by atoms with van der Waals surface area (Å²) in [4.78, 5) is 18.4. The minimum atomic E-state index is -1.37. The van der Waals surface area contributed by atoms with Gasteiger partial charge >= 0.3 is 6.16 Å². The number of rotatable bonds is 4. The maximum Gasteiger partial charge on any atom is 0.511 e. The lowest BCUT2D eigenvalue weighted by molar-refractivity contribution is 0.144. The Morgan fingerprint density at radius 3 is 2.59 bits per heavy atom. The van der Waals surface area contributed by atoms with E-state index in [1.807, 2.05) is 30.3 Å². The molecule has 2 heterocycles. The topological polar surface area (TPSA) is 62.7 Å². The van der Waals surface area contributed by atoms with Crippen molar-refractivity contribution in [2.45, 2.75) is 25.7 Å². The third-order valence-corrected chi connectivity index (χ3v) is 5.76. The van der Waals surface area contributed by atoms with Gasteiger partial charge in [0.1, 0.15) is 0 Å². The lowest BCUT2D eigenvalue weighted by Gasteiger charge is -2.30. The Labute approximate surface area is 178 Å². The zero-order valence-electron chi connectivity index (χ0n) is 15.7. The third kappa shape index (κ3) is 4.26. The first-order valence-electron chi connectivity index (χ1n) is 9.54. The Kier molecular flexibility index (Phi) is 5.79. The van der Waals surface area contributed by atoms with Gasteiger partial charge in [0.2, 0.25) is 0 Å². The fraction of sp³-hybridized carbons (Fsp3) is 0.273. The second-order valence-electron chi connectivity index (χ2n) is 7.09. The van der Waals surface area contributed by atoms with Crippen LogP contribution in [0.3, 0.4) is 0 Å². The summed E-state index contributed by atoms with van der Waals surface area (Å²) in [5.41, 5.74) is 2.34. The van der Waals surface area contributed by atoms with Crippen LogP contribution in [-0.4, -0.2) is 29.3 Å². The number of halogens is 2. The first-order valence-corrected chi connectivity index (χ1v) is 10.3. The molecule has 1 saturated heterocycles. The van der Waals surface area contributed by atoms with E-state index in [1.54, 1.807) is 12.1 Å². The average molecular weight is 431 g/mol. The molecule has 0 amide bonds. The maximum atomic E-state index is 11.6. The summed E-state index contributed by atoms with van der Waals surface area (Å²) in [6.07, 6.45) is 2.26. The fourth-order valence-electron chi connectivity index (χ4n) is 3.79. The zero-order valence-corrected chi connectivity index (χ0v) is 17.2. The quantitative estimate of drug-likeness (QED) is 0.500. The van der Waals surface area contributed by atoms with E-state index in [2.05, 4.69) is 4.90 Å². The smallest absolute Gasteiger partial charge is 0.449 e. The van der Waals surface area contributed by atoms with Gasteiger partial charge in [-0.25, -0.2) is 9.78 Å². The largest absolute Gasteiger partial charge is 0.511 e. The summed E-state index contributed by atoms with van der Waals surface area (Å²) in [5, 5.41) is 11.4. The molecule has 0 saturated carbocycles. The number of pyridine rings is 1. The maximum absolute atomic E-state index is 11.6. The predicted octanol–water partition coefficient (Wildman–Crippen LogP) is 6.18. The number of piperidine rings is 1. The van der Waals surface area contributed by atoms with E-state index in [0.717, 1.165) is 48.8 Å². The molecule has 0 bridgehead atoms. The normalized spacial score (nSPS) is 14.2. The number of anilines is 1. The molecule has 150 valence electrons. The Balaban J connectivity index is 1.96.